The molecule has 28 heavy (non-hydrogen) atoms. The Hall–Kier alpha value is -2.99. The molecule has 1 unspecified atom stereocenters. The number of hydrogen-bond acceptors (Lipinski definition) is 4. The Labute approximate surface area is 169 Å². The van der Waals surface area contributed by atoms with Crippen molar-refractivity contribution < 1.29 is 14.3 Å². The van der Waals surface area contributed by atoms with Crippen LogP contribution in [0.25, 0.3) is 0 Å². The highest BCUT2D eigenvalue weighted by atomic mass is 35.5. The molecule has 0 aliphatic heterocycles. The maximum absolute atomic E-state index is 12.8. The lowest BCUT2D eigenvalue weighted by molar-refractivity contribution is -0.121. The molecule has 1 amide bonds. The van der Waals surface area contributed by atoms with Crippen molar-refractivity contribution in [3.8, 4) is 11.5 Å². The summed E-state index contributed by atoms with van der Waals surface area (Å²) in [5.41, 5.74) is 1.57. The van der Waals surface area contributed by atoms with Gasteiger partial charge in [0.2, 0.25) is 5.91 Å². The summed E-state index contributed by atoms with van der Waals surface area (Å²) in [6.07, 6.45) is 3.70. The first kappa shape index (κ1) is 19.8. The minimum atomic E-state index is -0.473. The van der Waals surface area contributed by atoms with E-state index in [9.17, 15) is 4.79 Å². The Morgan fingerprint density at radius 2 is 1.86 bits per heavy atom. The summed E-state index contributed by atoms with van der Waals surface area (Å²) in [6, 6.07) is 12.3. The average Bonchev–Trinajstić information content (AvgIpc) is 3.13. The van der Waals surface area contributed by atoms with Gasteiger partial charge in [0.15, 0.2) is 0 Å². The number of carbonyl (C=O) groups is 1. The average molecular weight is 400 g/mol. The minimum absolute atomic E-state index is 0.164. The summed E-state index contributed by atoms with van der Waals surface area (Å²) in [5.74, 6) is 1.80. The molecule has 0 fully saturated rings. The molecule has 0 radical (unpaired) electrons. The fourth-order valence-corrected chi connectivity index (χ4v) is 3.18. The van der Waals surface area contributed by atoms with Crippen LogP contribution in [0.3, 0.4) is 0 Å². The number of ether oxygens (including phenoxy) is 2. The third-order valence-electron chi connectivity index (χ3n) is 4.44. The van der Waals surface area contributed by atoms with E-state index in [2.05, 4.69) is 10.3 Å². The van der Waals surface area contributed by atoms with Gasteiger partial charge in [-0.2, -0.15) is 0 Å². The van der Waals surface area contributed by atoms with Gasteiger partial charge in [-0.05, 0) is 29.3 Å². The van der Waals surface area contributed by atoms with Crippen molar-refractivity contribution in [1.29, 1.82) is 0 Å². The molecule has 1 N–H and O–H groups in total. The number of hydrogen-bond donors (Lipinski definition) is 1. The van der Waals surface area contributed by atoms with Crippen LogP contribution in [0.5, 0.6) is 11.5 Å². The van der Waals surface area contributed by atoms with E-state index < -0.39 is 6.04 Å². The van der Waals surface area contributed by atoms with Gasteiger partial charge < -0.3 is 19.4 Å². The number of nitrogens with zero attached hydrogens (tertiary/aromatic N) is 2. The summed E-state index contributed by atoms with van der Waals surface area (Å²) in [4.78, 5) is 17.2. The molecule has 0 aliphatic rings. The molecule has 0 saturated heterocycles. The fourth-order valence-electron chi connectivity index (χ4n) is 2.98. The molecular formula is C21H22ClN3O3. The lowest BCUT2D eigenvalue weighted by Gasteiger charge is -2.21. The van der Waals surface area contributed by atoms with Gasteiger partial charge in [0.25, 0.3) is 0 Å². The minimum Gasteiger partial charge on any atom is -0.497 e. The number of aryl methyl sites for hydroxylation is 1. The molecule has 1 aromatic heterocycles. The van der Waals surface area contributed by atoms with E-state index in [-0.39, 0.29) is 12.3 Å². The molecule has 0 aliphatic carbocycles. The molecule has 3 rings (SSSR count). The van der Waals surface area contributed by atoms with Crippen LogP contribution in [0.2, 0.25) is 5.02 Å². The fraction of sp³-hybridized carbons (Fsp3) is 0.238. The van der Waals surface area contributed by atoms with E-state index in [4.69, 9.17) is 21.1 Å². The predicted molar refractivity (Wildman–Crippen MR) is 108 cm³/mol. The first-order chi connectivity index (χ1) is 13.5. The summed E-state index contributed by atoms with van der Waals surface area (Å²) in [5, 5.41) is 3.63. The van der Waals surface area contributed by atoms with E-state index in [1.807, 2.05) is 48.1 Å². The normalized spacial score (nSPS) is 11.7. The van der Waals surface area contributed by atoms with Crippen molar-refractivity contribution in [3.63, 3.8) is 0 Å². The first-order valence-electron chi connectivity index (χ1n) is 8.74. The lowest BCUT2D eigenvalue weighted by Crippen LogP contribution is -2.32. The maximum Gasteiger partial charge on any atom is 0.225 e. The molecule has 146 valence electrons. The van der Waals surface area contributed by atoms with E-state index in [1.54, 1.807) is 32.5 Å². The van der Waals surface area contributed by atoms with Gasteiger partial charge >= 0.3 is 0 Å². The van der Waals surface area contributed by atoms with Gasteiger partial charge in [-0.3, -0.25) is 4.79 Å². The highest BCUT2D eigenvalue weighted by molar-refractivity contribution is 6.31. The molecule has 7 heteroatoms. The summed E-state index contributed by atoms with van der Waals surface area (Å²) < 4.78 is 12.6. The number of halogens is 1. The zero-order valence-corrected chi connectivity index (χ0v) is 16.7. The smallest absolute Gasteiger partial charge is 0.225 e. The molecule has 0 bridgehead atoms. The third-order valence-corrected chi connectivity index (χ3v) is 4.81. The van der Waals surface area contributed by atoms with Crippen LogP contribution in [-0.4, -0.2) is 29.7 Å². The van der Waals surface area contributed by atoms with Crippen LogP contribution in [0.15, 0.2) is 54.9 Å². The van der Waals surface area contributed by atoms with E-state index in [1.165, 1.54) is 0 Å². The van der Waals surface area contributed by atoms with Gasteiger partial charge in [-0.25, -0.2) is 4.98 Å². The van der Waals surface area contributed by atoms with Crippen molar-refractivity contribution in [2.24, 2.45) is 7.05 Å². The highest BCUT2D eigenvalue weighted by Gasteiger charge is 2.22. The van der Waals surface area contributed by atoms with Gasteiger partial charge in [0.05, 0.1) is 20.6 Å². The van der Waals surface area contributed by atoms with Crippen LogP contribution in [0.1, 0.15) is 23.0 Å². The summed E-state index contributed by atoms with van der Waals surface area (Å²) in [7, 11) is 5.06. The Bertz CT molecular complexity index is 949. The second kappa shape index (κ2) is 8.80. The lowest BCUT2D eigenvalue weighted by atomic mass is 10.0. The number of rotatable bonds is 7. The first-order valence-corrected chi connectivity index (χ1v) is 9.12. The van der Waals surface area contributed by atoms with Gasteiger partial charge in [-0.1, -0.05) is 29.8 Å². The second-order valence-corrected chi connectivity index (χ2v) is 6.72. The number of amides is 1. The molecule has 1 heterocycles. The Kier molecular flexibility index (Phi) is 6.21. The largest absolute Gasteiger partial charge is 0.497 e. The van der Waals surface area contributed by atoms with Crippen LogP contribution >= 0.6 is 11.6 Å². The zero-order valence-electron chi connectivity index (χ0n) is 16.0. The van der Waals surface area contributed by atoms with E-state index in [0.29, 0.717) is 22.3 Å². The number of aromatic nitrogens is 2. The van der Waals surface area contributed by atoms with Crippen molar-refractivity contribution in [2.75, 3.05) is 14.2 Å². The molecule has 0 saturated carbocycles. The van der Waals surface area contributed by atoms with Crippen LogP contribution in [0.4, 0.5) is 0 Å². The van der Waals surface area contributed by atoms with Crippen LogP contribution in [-0.2, 0) is 18.3 Å². The van der Waals surface area contributed by atoms with Gasteiger partial charge in [-0.15, -0.1) is 0 Å². The zero-order chi connectivity index (χ0) is 20.1. The summed E-state index contributed by atoms with van der Waals surface area (Å²) >= 11 is 6.20. The molecule has 6 nitrogen and oxygen atoms in total. The number of carbonyl (C=O) groups excluding carboxylic acids is 1. The topological polar surface area (TPSA) is 65.4 Å². The molecule has 2 aromatic carbocycles. The van der Waals surface area contributed by atoms with Gasteiger partial charge in [0, 0.05) is 30.5 Å². The monoisotopic (exact) mass is 399 g/mol. The standard InChI is InChI=1S/C21H22ClN3O3/c1-25-9-8-23-21(25)20(15-10-16(27-2)13-17(11-15)28-3)24-19(26)12-14-6-4-5-7-18(14)22/h4-11,13,20H,12H2,1-3H3,(H,24,26). The summed E-state index contributed by atoms with van der Waals surface area (Å²) in [6.45, 7) is 0. The van der Waals surface area contributed by atoms with Crippen LogP contribution < -0.4 is 14.8 Å². The van der Waals surface area contributed by atoms with Crippen molar-refractivity contribution in [1.82, 2.24) is 14.9 Å². The number of imidazole rings is 1. The maximum atomic E-state index is 12.8. The molecule has 0 spiro atoms. The Balaban J connectivity index is 1.94. The molecule has 3 aromatic rings. The second-order valence-electron chi connectivity index (χ2n) is 6.31. The van der Waals surface area contributed by atoms with Crippen molar-refractivity contribution >= 4 is 17.5 Å². The van der Waals surface area contributed by atoms with E-state index in [0.717, 1.165) is 11.1 Å². The highest BCUT2D eigenvalue weighted by Crippen LogP contribution is 2.29. The third kappa shape index (κ3) is 4.46. The van der Waals surface area contributed by atoms with Gasteiger partial charge in [0.1, 0.15) is 23.4 Å². The Morgan fingerprint density at radius 3 is 2.43 bits per heavy atom. The molecular weight excluding hydrogens is 378 g/mol. The quantitative estimate of drug-likeness (QED) is 0.660. The number of benzene rings is 2. The predicted octanol–water partition coefficient (Wildman–Crippen LogP) is 3.54. The van der Waals surface area contributed by atoms with Crippen LogP contribution in [0, 0.1) is 0 Å². The SMILES string of the molecule is COc1cc(OC)cc(C(NC(=O)Cc2ccccc2Cl)c2nccn2C)c1. The Morgan fingerprint density at radius 1 is 1.18 bits per heavy atom. The number of nitrogens with one attached hydrogen (secondary N) is 1. The van der Waals surface area contributed by atoms with Crippen molar-refractivity contribution in [2.45, 2.75) is 12.5 Å². The van der Waals surface area contributed by atoms with E-state index >= 15 is 0 Å². The molecule has 1 atom stereocenters. The van der Waals surface area contributed by atoms with Crippen molar-refractivity contribution in [3.05, 3.63) is 76.8 Å². The number of methoxy groups -OCH3 is 2.